The van der Waals surface area contributed by atoms with Crippen LogP contribution in [0.15, 0.2) is 12.1 Å². The lowest BCUT2D eigenvalue weighted by atomic mass is 9.91. The van der Waals surface area contributed by atoms with E-state index < -0.39 is 27.6 Å². The van der Waals surface area contributed by atoms with Gasteiger partial charge in [-0.1, -0.05) is 0 Å². The minimum Gasteiger partial charge on any atom is -0.398 e. The number of Topliss-reactive ketones (excluding diaryl/α,β-unsaturated/α-hetero) is 1. The molecule has 0 aromatic heterocycles. The summed E-state index contributed by atoms with van der Waals surface area (Å²) in [6.07, 6.45) is 0. The van der Waals surface area contributed by atoms with Crippen LogP contribution in [0.4, 0.5) is 11.4 Å². The Morgan fingerprint density at radius 1 is 1.56 bits per heavy atom. The van der Waals surface area contributed by atoms with Crippen LogP contribution in [0.25, 0.3) is 0 Å². The van der Waals surface area contributed by atoms with Gasteiger partial charge in [0.05, 0.1) is 10.5 Å². The molecule has 1 aromatic rings. The van der Waals surface area contributed by atoms with E-state index in [2.05, 4.69) is 0 Å². The molecule has 1 aromatic carbocycles. The van der Waals surface area contributed by atoms with Crippen LogP contribution < -0.4 is 5.73 Å². The number of nitro groups is 1. The molecule has 0 aliphatic heterocycles. The van der Waals surface area contributed by atoms with E-state index in [0.717, 1.165) is 12.1 Å². The highest BCUT2D eigenvalue weighted by Gasteiger charge is 2.32. The summed E-state index contributed by atoms with van der Waals surface area (Å²) in [4.78, 5) is 21.9. The summed E-state index contributed by atoms with van der Waals surface area (Å²) >= 11 is 0. The minimum absolute atomic E-state index is 0.0794. The van der Waals surface area contributed by atoms with Crippen molar-refractivity contribution in [1.82, 2.24) is 0 Å². The van der Waals surface area contributed by atoms with E-state index in [1.807, 2.05) is 0 Å². The molecule has 0 saturated heterocycles. The number of carbonyl (C=O) groups excluding carboxylic acids is 1. The number of ketones is 1. The van der Waals surface area contributed by atoms with E-state index in [9.17, 15) is 20.0 Å². The number of nitrogens with two attached hydrogens (primary N) is 1. The van der Waals surface area contributed by atoms with E-state index in [4.69, 9.17) is 11.0 Å². The lowest BCUT2D eigenvalue weighted by Crippen LogP contribution is -2.32. The molecule has 0 amide bonds. The van der Waals surface area contributed by atoms with Crippen molar-refractivity contribution < 1.29 is 14.8 Å². The van der Waals surface area contributed by atoms with Crippen molar-refractivity contribution in [1.29, 1.82) is 5.26 Å². The molecular weight excluding hydrogens is 238 g/mol. The number of aliphatic hydroxyl groups is 1. The van der Waals surface area contributed by atoms with Crippen molar-refractivity contribution >= 4 is 17.2 Å². The van der Waals surface area contributed by atoms with Crippen LogP contribution in [0.5, 0.6) is 0 Å². The average Bonchev–Trinajstić information content (AvgIpc) is 2.25. The van der Waals surface area contributed by atoms with Gasteiger partial charge in [0.2, 0.25) is 0 Å². The predicted molar refractivity (Wildman–Crippen MR) is 62.9 cm³/mol. The molecule has 0 heterocycles. The molecule has 0 aliphatic rings. The lowest BCUT2D eigenvalue weighted by Gasteiger charge is -2.17. The fourth-order valence-corrected chi connectivity index (χ4v) is 1.42. The highest BCUT2D eigenvalue weighted by Crippen LogP contribution is 2.29. The predicted octanol–water partition coefficient (Wildman–Crippen LogP) is 1.00. The van der Waals surface area contributed by atoms with E-state index in [1.165, 1.54) is 13.8 Å². The Morgan fingerprint density at radius 2 is 2.11 bits per heavy atom. The quantitative estimate of drug-likeness (QED) is 0.355. The minimum atomic E-state index is -1.77. The van der Waals surface area contributed by atoms with Crippen LogP contribution in [0.3, 0.4) is 0 Å². The first-order chi connectivity index (χ1) is 8.20. The zero-order valence-corrected chi connectivity index (χ0v) is 9.80. The summed E-state index contributed by atoms with van der Waals surface area (Å²) in [5.41, 5.74) is 2.44. The number of nitriles is 1. The Labute approximate surface area is 103 Å². The molecule has 7 heteroatoms. The van der Waals surface area contributed by atoms with Crippen molar-refractivity contribution in [2.45, 2.75) is 19.4 Å². The van der Waals surface area contributed by atoms with Crippen molar-refractivity contribution in [3.8, 4) is 6.07 Å². The smallest absolute Gasteiger partial charge is 0.287 e. The number of hydrogen-bond donors (Lipinski definition) is 2. The number of carbonyl (C=O) groups is 1. The zero-order valence-electron chi connectivity index (χ0n) is 9.80. The Kier molecular flexibility index (Phi) is 3.35. The lowest BCUT2D eigenvalue weighted by molar-refractivity contribution is -0.385. The fourth-order valence-electron chi connectivity index (χ4n) is 1.42. The molecule has 18 heavy (non-hydrogen) atoms. The monoisotopic (exact) mass is 249 g/mol. The second kappa shape index (κ2) is 4.43. The van der Waals surface area contributed by atoms with E-state index in [-0.39, 0.29) is 11.3 Å². The van der Waals surface area contributed by atoms with Crippen LogP contribution in [0, 0.1) is 21.4 Å². The summed E-state index contributed by atoms with van der Waals surface area (Å²) in [5.74, 6) is -0.833. The largest absolute Gasteiger partial charge is 0.398 e. The first kappa shape index (κ1) is 13.6. The highest BCUT2D eigenvalue weighted by atomic mass is 16.6. The third-order valence-electron chi connectivity index (χ3n) is 2.31. The number of nitro benzene ring substituents is 1. The summed E-state index contributed by atoms with van der Waals surface area (Å²) in [7, 11) is 0. The fraction of sp³-hybridized carbons (Fsp3) is 0.273. The highest BCUT2D eigenvalue weighted by molar-refractivity contribution is 6.08. The van der Waals surface area contributed by atoms with Gasteiger partial charge in [-0.15, -0.1) is 0 Å². The van der Waals surface area contributed by atoms with Gasteiger partial charge in [0.15, 0.2) is 5.78 Å². The van der Waals surface area contributed by atoms with Gasteiger partial charge in [-0.05, 0) is 19.9 Å². The molecule has 0 unspecified atom stereocenters. The van der Waals surface area contributed by atoms with Crippen molar-refractivity contribution in [2.75, 3.05) is 5.73 Å². The normalized spacial score (nSPS) is 10.8. The second-order valence-corrected chi connectivity index (χ2v) is 4.18. The molecule has 94 valence electrons. The number of nitrogens with zero attached hydrogens (tertiary/aromatic N) is 2. The van der Waals surface area contributed by atoms with Crippen LogP contribution in [-0.2, 0) is 0 Å². The molecule has 0 atom stereocenters. The molecule has 1 rings (SSSR count). The Bertz CT molecular complexity index is 567. The second-order valence-electron chi connectivity index (χ2n) is 4.18. The third kappa shape index (κ3) is 2.28. The van der Waals surface area contributed by atoms with Crippen LogP contribution >= 0.6 is 0 Å². The van der Waals surface area contributed by atoms with Crippen molar-refractivity contribution in [3.05, 3.63) is 33.4 Å². The molecule has 0 radical (unpaired) electrons. The van der Waals surface area contributed by atoms with Gasteiger partial charge >= 0.3 is 0 Å². The summed E-state index contributed by atoms with van der Waals surface area (Å²) < 4.78 is 0. The molecule has 0 saturated carbocycles. The van der Waals surface area contributed by atoms with E-state index >= 15 is 0 Å². The van der Waals surface area contributed by atoms with Gasteiger partial charge in [0.25, 0.3) is 5.69 Å². The third-order valence-corrected chi connectivity index (χ3v) is 2.31. The van der Waals surface area contributed by atoms with Gasteiger partial charge < -0.3 is 10.8 Å². The maximum atomic E-state index is 11.9. The van der Waals surface area contributed by atoms with E-state index in [1.54, 1.807) is 6.07 Å². The standard InChI is InChI=1S/C11H11N3O4/c1-11(2,16)10(15)9-6(5-12)8(14(17)18)4-3-7(9)13/h3-4,16H,13H2,1-2H3. The zero-order chi connectivity index (χ0) is 14.1. The topological polar surface area (TPSA) is 130 Å². The average molecular weight is 249 g/mol. The Hall–Kier alpha value is -2.46. The molecule has 0 aliphatic carbocycles. The molecular formula is C11H11N3O4. The summed E-state index contributed by atoms with van der Waals surface area (Å²) in [6, 6.07) is 3.80. The Morgan fingerprint density at radius 3 is 2.50 bits per heavy atom. The SMILES string of the molecule is CC(C)(O)C(=O)c1c(N)ccc([N+](=O)[O-])c1C#N. The van der Waals surface area contributed by atoms with Gasteiger partial charge in [-0.25, -0.2) is 0 Å². The Balaban J connectivity index is 3.63. The summed E-state index contributed by atoms with van der Waals surface area (Å²) in [6.45, 7) is 2.43. The van der Waals surface area contributed by atoms with Crippen LogP contribution in [0.2, 0.25) is 0 Å². The number of benzene rings is 1. The molecule has 7 nitrogen and oxygen atoms in total. The van der Waals surface area contributed by atoms with Crippen LogP contribution in [0.1, 0.15) is 29.8 Å². The number of anilines is 1. The molecule has 0 spiro atoms. The maximum Gasteiger partial charge on any atom is 0.287 e. The van der Waals surface area contributed by atoms with Gasteiger partial charge in [0, 0.05) is 11.8 Å². The molecule has 3 N–H and O–H groups in total. The number of rotatable bonds is 3. The van der Waals surface area contributed by atoms with Crippen molar-refractivity contribution in [2.24, 2.45) is 0 Å². The molecule has 0 fully saturated rings. The van der Waals surface area contributed by atoms with Gasteiger partial charge in [-0.2, -0.15) is 5.26 Å². The van der Waals surface area contributed by atoms with E-state index in [0.29, 0.717) is 0 Å². The first-order valence-electron chi connectivity index (χ1n) is 4.94. The van der Waals surface area contributed by atoms with Crippen molar-refractivity contribution in [3.63, 3.8) is 0 Å². The number of nitrogen functional groups attached to an aromatic ring is 1. The summed E-state index contributed by atoms with van der Waals surface area (Å²) in [5, 5.41) is 29.3. The molecule has 0 bridgehead atoms. The van der Waals surface area contributed by atoms with Gasteiger partial charge in [0.1, 0.15) is 17.2 Å². The van der Waals surface area contributed by atoms with Crippen LogP contribution in [-0.4, -0.2) is 21.4 Å². The maximum absolute atomic E-state index is 11.9. The first-order valence-corrected chi connectivity index (χ1v) is 4.94. The van der Waals surface area contributed by atoms with Gasteiger partial charge in [-0.3, -0.25) is 14.9 Å². The number of hydrogen-bond acceptors (Lipinski definition) is 6.